The fraction of sp³-hybridized carbons (Fsp3) is 0.316. The van der Waals surface area contributed by atoms with Crippen molar-refractivity contribution >= 4 is 11.6 Å². The van der Waals surface area contributed by atoms with E-state index in [1.54, 1.807) is 0 Å². The zero-order valence-corrected chi connectivity index (χ0v) is 13.0. The third kappa shape index (κ3) is 3.37. The van der Waals surface area contributed by atoms with E-state index in [9.17, 15) is 4.79 Å². The van der Waals surface area contributed by atoms with Crippen molar-refractivity contribution in [3.05, 3.63) is 65.7 Å². The molecule has 1 aliphatic carbocycles. The molecule has 3 rings (SSSR count). The molecular weight excluding hydrogens is 272 g/mol. The molecule has 0 heterocycles. The van der Waals surface area contributed by atoms with E-state index >= 15 is 0 Å². The first-order valence-corrected chi connectivity index (χ1v) is 7.87. The smallest absolute Gasteiger partial charge is 0.238 e. The van der Waals surface area contributed by atoms with Gasteiger partial charge in [-0.25, -0.2) is 0 Å². The van der Waals surface area contributed by atoms with Crippen LogP contribution in [0.15, 0.2) is 54.6 Å². The number of carbonyl (C=O) groups is 1. The minimum absolute atomic E-state index is 0.0387. The van der Waals surface area contributed by atoms with Crippen molar-refractivity contribution < 1.29 is 4.79 Å². The minimum Gasteiger partial charge on any atom is -0.325 e. The molecule has 1 aliphatic rings. The molecule has 0 saturated heterocycles. The number of fused-ring (bicyclic) bond motifs is 1. The monoisotopic (exact) mass is 294 g/mol. The van der Waals surface area contributed by atoms with E-state index in [4.69, 9.17) is 0 Å². The molecule has 0 bridgehead atoms. The number of carbonyl (C=O) groups excluding carboxylic acids is 1. The van der Waals surface area contributed by atoms with Crippen LogP contribution >= 0.6 is 0 Å². The normalized spacial score (nSPS) is 17.1. The summed E-state index contributed by atoms with van der Waals surface area (Å²) in [5, 5.41) is 2.96. The van der Waals surface area contributed by atoms with E-state index in [1.165, 1.54) is 17.5 Å². The van der Waals surface area contributed by atoms with Gasteiger partial charge in [-0.1, -0.05) is 42.5 Å². The average molecular weight is 294 g/mol. The Kier molecular flexibility index (Phi) is 4.54. The highest BCUT2D eigenvalue weighted by Gasteiger charge is 2.24. The summed E-state index contributed by atoms with van der Waals surface area (Å²) in [6.07, 6.45) is 3.45. The van der Waals surface area contributed by atoms with E-state index in [0.717, 1.165) is 18.5 Å². The van der Waals surface area contributed by atoms with Crippen molar-refractivity contribution in [2.45, 2.75) is 25.3 Å². The molecule has 3 heteroatoms. The maximum Gasteiger partial charge on any atom is 0.238 e. The van der Waals surface area contributed by atoms with Gasteiger partial charge in [0.1, 0.15) is 0 Å². The van der Waals surface area contributed by atoms with Crippen LogP contribution in [0, 0.1) is 0 Å². The maximum absolute atomic E-state index is 12.2. The number of nitrogens with zero attached hydrogens (tertiary/aromatic N) is 1. The fourth-order valence-corrected chi connectivity index (χ4v) is 3.24. The lowest BCUT2D eigenvalue weighted by molar-refractivity contribution is -0.117. The van der Waals surface area contributed by atoms with E-state index in [0.29, 0.717) is 12.6 Å². The number of likely N-dealkylation sites (N-methyl/N-ethyl adjacent to an activating group) is 1. The highest BCUT2D eigenvalue weighted by Crippen LogP contribution is 2.33. The van der Waals surface area contributed by atoms with Gasteiger partial charge in [-0.3, -0.25) is 9.69 Å². The molecular formula is C19H22N2O. The number of aryl methyl sites for hydroxylation is 1. The van der Waals surface area contributed by atoms with Crippen molar-refractivity contribution in [3.63, 3.8) is 0 Å². The molecule has 0 spiro atoms. The highest BCUT2D eigenvalue weighted by atomic mass is 16.2. The summed E-state index contributed by atoms with van der Waals surface area (Å²) in [4.78, 5) is 14.4. The Morgan fingerprint density at radius 3 is 2.68 bits per heavy atom. The number of rotatable bonds is 4. The predicted octanol–water partition coefficient (Wildman–Crippen LogP) is 3.63. The zero-order chi connectivity index (χ0) is 15.4. The Hall–Kier alpha value is -2.13. The Balaban J connectivity index is 1.65. The van der Waals surface area contributed by atoms with Gasteiger partial charge < -0.3 is 5.32 Å². The number of para-hydroxylation sites is 1. The first-order chi connectivity index (χ1) is 10.7. The third-order valence-electron chi connectivity index (χ3n) is 4.32. The van der Waals surface area contributed by atoms with Crippen molar-refractivity contribution in [2.75, 3.05) is 18.9 Å². The summed E-state index contributed by atoms with van der Waals surface area (Å²) >= 11 is 0. The van der Waals surface area contributed by atoms with Gasteiger partial charge in [-0.15, -0.1) is 0 Å². The molecule has 1 unspecified atom stereocenters. The molecule has 3 nitrogen and oxygen atoms in total. The number of benzene rings is 2. The molecule has 1 atom stereocenters. The summed E-state index contributed by atoms with van der Waals surface area (Å²) in [6, 6.07) is 18.6. The molecule has 2 aromatic rings. The quantitative estimate of drug-likeness (QED) is 0.934. The summed E-state index contributed by atoms with van der Waals surface area (Å²) in [7, 11) is 2.04. The number of nitrogens with one attached hydrogen (secondary N) is 1. The van der Waals surface area contributed by atoms with Crippen LogP contribution in [0.1, 0.15) is 30.0 Å². The van der Waals surface area contributed by atoms with E-state index in [-0.39, 0.29) is 5.91 Å². The van der Waals surface area contributed by atoms with Crippen molar-refractivity contribution in [2.24, 2.45) is 0 Å². The second-order valence-corrected chi connectivity index (χ2v) is 5.94. The Bertz CT molecular complexity index is 639. The van der Waals surface area contributed by atoms with Crippen LogP contribution in [0.5, 0.6) is 0 Å². The van der Waals surface area contributed by atoms with Gasteiger partial charge in [0.25, 0.3) is 0 Å². The molecule has 22 heavy (non-hydrogen) atoms. The van der Waals surface area contributed by atoms with Crippen LogP contribution in [-0.2, 0) is 11.2 Å². The lowest BCUT2D eigenvalue weighted by Gasteiger charge is -2.32. The molecule has 0 saturated carbocycles. The van der Waals surface area contributed by atoms with E-state index in [2.05, 4.69) is 34.5 Å². The average Bonchev–Trinajstić information content (AvgIpc) is 2.55. The summed E-state index contributed by atoms with van der Waals surface area (Å²) in [5.41, 5.74) is 3.66. The predicted molar refractivity (Wildman–Crippen MR) is 89.8 cm³/mol. The van der Waals surface area contributed by atoms with Gasteiger partial charge in [0.2, 0.25) is 5.91 Å². The Morgan fingerprint density at radius 1 is 1.14 bits per heavy atom. The summed E-state index contributed by atoms with van der Waals surface area (Å²) < 4.78 is 0. The van der Waals surface area contributed by atoms with Crippen LogP contribution in [0.4, 0.5) is 5.69 Å². The van der Waals surface area contributed by atoms with Gasteiger partial charge in [-0.05, 0) is 49.6 Å². The van der Waals surface area contributed by atoms with Crippen LogP contribution in [-0.4, -0.2) is 24.4 Å². The van der Waals surface area contributed by atoms with Crippen molar-refractivity contribution in [1.82, 2.24) is 4.90 Å². The van der Waals surface area contributed by atoms with Gasteiger partial charge >= 0.3 is 0 Å². The van der Waals surface area contributed by atoms with E-state index < -0.39 is 0 Å². The molecule has 0 aromatic heterocycles. The lowest BCUT2D eigenvalue weighted by atomic mass is 9.87. The Morgan fingerprint density at radius 2 is 1.86 bits per heavy atom. The Labute approximate surface area is 132 Å². The van der Waals surface area contributed by atoms with Crippen LogP contribution in [0.2, 0.25) is 0 Å². The maximum atomic E-state index is 12.2. The third-order valence-corrected chi connectivity index (χ3v) is 4.32. The van der Waals surface area contributed by atoms with Gasteiger partial charge in [0.15, 0.2) is 0 Å². The lowest BCUT2D eigenvalue weighted by Crippen LogP contribution is -2.34. The van der Waals surface area contributed by atoms with E-state index in [1.807, 2.05) is 37.4 Å². The van der Waals surface area contributed by atoms with Crippen LogP contribution in [0.25, 0.3) is 0 Å². The largest absolute Gasteiger partial charge is 0.325 e. The number of hydrogen-bond acceptors (Lipinski definition) is 2. The molecule has 1 amide bonds. The van der Waals surface area contributed by atoms with Crippen LogP contribution < -0.4 is 5.32 Å². The summed E-state index contributed by atoms with van der Waals surface area (Å²) in [5.74, 6) is 0.0387. The van der Waals surface area contributed by atoms with Gasteiger partial charge in [-0.2, -0.15) is 0 Å². The molecule has 0 radical (unpaired) electrons. The molecule has 0 fully saturated rings. The molecule has 0 aliphatic heterocycles. The van der Waals surface area contributed by atoms with Crippen molar-refractivity contribution in [3.8, 4) is 0 Å². The minimum atomic E-state index is 0.0387. The standard InChI is InChI=1S/C19H22N2O/c1-21(14-19(22)20-16-10-3-2-4-11-16)18-13-7-9-15-8-5-6-12-17(15)18/h2-6,8,10-12,18H,7,9,13-14H2,1H3,(H,20,22). The summed E-state index contributed by atoms with van der Waals surface area (Å²) in [6.45, 7) is 0.411. The number of hydrogen-bond donors (Lipinski definition) is 1. The second kappa shape index (κ2) is 6.75. The molecule has 114 valence electrons. The van der Waals surface area contributed by atoms with Crippen LogP contribution in [0.3, 0.4) is 0 Å². The fourth-order valence-electron chi connectivity index (χ4n) is 3.24. The van der Waals surface area contributed by atoms with Gasteiger partial charge in [0.05, 0.1) is 6.54 Å². The first kappa shape index (κ1) is 14.8. The highest BCUT2D eigenvalue weighted by molar-refractivity contribution is 5.92. The molecule has 1 N–H and O–H groups in total. The SMILES string of the molecule is CN(CC(=O)Nc1ccccc1)C1CCCc2ccccc21. The molecule has 2 aromatic carbocycles. The zero-order valence-electron chi connectivity index (χ0n) is 13.0. The number of anilines is 1. The topological polar surface area (TPSA) is 32.3 Å². The number of amides is 1. The second-order valence-electron chi connectivity index (χ2n) is 5.94. The first-order valence-electron chi connectivity index (χ1n) is 7.87. The van der Waals surface area contributed by atoms with Gasteiger partial charge in [0, 0.05) is 11.7 Å². The van der Waals surface area contributed by atoms with Crippen molar-refractivity contribution in [1.29, 1.82) is 0 Å².